The molecule has 0 saturated heterocycles. The van der Waals surface area contributed by atoms with Gasteiger partial charge in [0.2, 0.25) is 0 Å². The van der Waals surface area contributed by atoms with Gasteiger partial charge in [-0.05, 0) is 23.5 Å². The van der Waals surface area contributed by atoms with Crippen molar-refractivity contribution in [1.29, 1.82) is 0 Å². The molecule has 0 fully saturated rings. The Hall–Kier alpha value is -1.75. The van der Waals surface area contributed by atoms with Crippen molar-refractivity contribution in [2.45, 2.75) is 12.3 Å². The first-order chi connectivity index (χ1) is 7.77. The molecule has 1 unspecified atom stereocenters. The van der Waals surface area contributed by atoms with Gasteiger partial charge in [0.15, 0.2) is 0 Å². The molecule has 0 bridgehead atoms. The van der Waals surface area contributed by atoms with E-state index in [2.05, 4.69) is 9.36 Å². The Bertz CT molecular complexity index is 456. The van der Waals surface area contributed by atoms with E-state index in [1.54, 1.807) is 0 Å². The topological polar surface area (TPSA) is 63.1 Å². The summed E-state index contributed by atoms with van der Waals surface area (Å²) < 4.78 is 3.83. The number of carboxylic acid groups (broad SMARTS) is 1. The number of aliphatic carboxylic acids is 1. The lowest BCUT2D eigenvalue weighted by atomic mass is 10.0. The molecule has 1 aromatic carbocycles. The van der Waals surface area contributed by atoms with Crippen molar-refractivity contribution in [3.8, 4) is 0 Å². The van der Waals surface area contributed by atoms with Crippen LogP contribution in [-0.4, -0.2) is 20.4 Å². The van der Waals surface area contributed by atoms with Crippen molar-refractivity contribution in [2.24, 2.45) is 0 Å². The zero-order valence-electron chi connectivity index (χ0n) is 8.41. The fourth-order valence-corrected chi connectivity index (χ4v) is 2.07. The summed E-state index contributed by atoms with van der Waals surface area (Å²) in [7, 11) is 0. The smallest absolute Gasteiger partial charge is 0.313 e. The average molecular weight is 234 g/mol. The second-order valence-electron chi connectivity index (χ2n) is 3.36. The summed E-state index contributed by atoms with van der Waals surface area (Å²) in [6, 6.07) is 9.53. The van der Waals surface area contributed by atoms with Crippen LogP contribution in [0.5, 0.6) is 0 Å². The molecular weight excluding hydrogens is 224 g/mol. The maximum absolute atomic E-state index is 11.1. The van der Waals surface area contributed by atoms with Gasteiger partial charge in [-0.15, -0.1) is 0 Å². The van der Waals surface area contributed by atoms with Crippen molar-refractivity contribution >= 4 is 17.5 Å². The van der Waals surface area contributed by atoms with E-state index >= 15 is 0 Å². The van der Waals surface area contributed by atoms with Crippen LogP contribution in [0.3, 0.4) is 0 Å². The molecule has 1 N–H and O–H groups in total. The largest absolute Gasteiger partial charge is 0.481 e. The summed E-state index contributed by atoms with van der Waals surface area (Å²) in [5.41, 5.74) is 0.991. The van der Waals surface area contributed by atoms with Gasteiger partial charge in [-0.2, -0.15) is 4.37 Å². The number of rotatable bonds is 4. The van der Waals surface area contributed by atoms with Gasteiger partial charge < -0.3 is 5.11 Å². The minimum absolute atomic E-state index is 0.450. The van der Waals surface area contributed by atoms with Gasteiger partial charge in [-0.1, -0.05) is 30.3 Å². The molecule has 1 heterocycles. The summed E-state index contributed by atoms with van der Waals surface area (Å²) >= 11 is 1.14. The van der Waals surface area contributed by atoms with E-state index in [0.29, 0.717) is 11.4 Å². The lowest BCUT2D eigenvalue weighted by Gasteiger charge is -2.08. The van der Waals surface area contributed by atoms with Crippen molar-refractivity contribution in [3.05, 3.63) is 47.2 Å². The van der Waals surface area contributed by atoms with E-state index in [-0.39, 0.29) is 0 Å². The Balaban J connectivity index is 2.19. The Morgan fingerprint density at radius 3 is 2.69 bits per heavy atom. The van der Waals surface area contributed by atoms with Crippen LogP contribution in [0.15, 0.2) is 36.7 Å². The van der Waals surface area contributed by atoms with E-state index in [0.717, 1.165) is 17.1 Å². The van der Waals surface area contributed by atoms with Crippen molar-refractivity contribution in [2.75, 3.05) is 0 Å². The number of nitrogens with zero attached hydrogens (tertiary/aromatic N) is 2. The number of carboxylic acids is 1. The third kappa shape index (κ3) is 2.43. The first-order valence-corrected chi connectivity index (χ1v) is 5.58. The third-order valence-corrected chi connectivity index (χ3v) is 3.03. The van der Waals surface area contributed by atoms with Gasteiger partial charge in [0.1, 0.15) is 17.3 Å². The van der Waals surface area contributed by atoms with Gasteiger partial charge >= 0.3 is 5.97 Å². The molecule has 0 aliphatic carbocycles. The molecule has 0 spiro atoms. The summed E-state index contributed by atoms with van der Waals surface area (Å²) in [6.45, 7) is 0. The third-order valence-electron chi connectivity index (χ3n) is 2.26. The lowest BCUT2D eigenvalue weighted by molar-refractivity contribution is -0.138. The van der Waals surface area contributed by atoms with Crippen LogP contribution in [0.1, 0.15) is 16.5 Å². The molecule has 1 atom stereocenters. The monoisotopic (exact) mass is 234 g/mol. The van der Waals surface area contributed by atoms with Gasteiger partial charge in [0.25, 0.3) is 0 Å². The predicted molar refractivity (Wildman–Crippen MR) is 60.4 cm³/mol. The van der Waals surface area contributed by atoms with Gasteiger partial charge in [-0.3, -0.25) is 4.79 Å². The highest BCUT2D eigenvalue weighted by Gasteiger charge is 2.23. The fraction of sp³-hybridized carbons (Fsp3) is 0.182. The molecule has 82 valence electrons. The predicted octanol–water partition coefficient (Wildman–Crippen LogP) is 1.95. The van der Waals surface area contributed by atoms with Gasteiger partial charge in [0.05, 0.1) is 0 Å². The molecule has 0 saturated carbocycles. The van der Waals surface area contributed by atoms with Gasteiger partial charge in [-0.25, -0.2) is 4.98 Å². The maximum atomic E-state index is 11.1. The van der Waals surface area contributed by atoms with E-state index < -0.39 is 11.9 Å². The quantitative estimate of drug-likeness (QED) is 0.878. The van der Waals surface area contributed by atoms with Crippen LogP contribution in [0.4, 0.5) is 0 Å². The molecule has 0 aliphatic rings. The summed E-state index contributed by atoms with van der Waals surface area (Å²) in [6.07, 6.45) is 1.84. The van der Waals surface area contributed by atoms with Crippen LogP contribution in [0.2, 0.25) is 0 Å². The van der Waals surface area contributed by atoms with Crippen LogP contribution in [-0.2, 0) is 11.2 Å². The van der Waals surface area contributed by atoms with E-state index in [1.807, 2.05) is 30.3 Å². The summed E-state index contributed by atoms with van der Waals surface area (Å²) in [4.78, 5) is 15.1. The SMILES string of the molecule is O=C(O)C(Cc1ccccc1)c1ncns1. The molecule has 2 aromatic rings. The fourth-order valence-electron chi connectivity index (χ4n) is 1.47. The van der Waals surface area contributed by atoms with E-state index in [4.69, 9.17) is 5.11 Å². The number of carbonyl (C=O) groups is 1. The average Bonchev–Trinajstić information content (AvgIpc) is 2.80. The first kappa shape index (κ1) is 10.8. The van der Waals surface area contributed by atoms with Crippen molar-refractivity contribution in [3.63, 3.8) is 0 Å². The van der Waals surface area contributed by atoms with Crippen molar-refractivity contribution < 1.29 is 9.90 Å². The minimum atomic E-state index is -0.861. The number of hydrogen-bond donors (Lipinski definition) is 1. The second-order valence-corrected chi connectivity index (χ2v) is 4.17. The normalized spacial score (nSPS) is 12.2. The highest BCUT2D eigenvalue weighted by molar-refractivity contribution is 7.05. The Labute approximate surface area is 96.8 Å². The van der Waals surface area contributed by atoms with E-state index in [1.165, 1.54) is 6.33 Å². The van der Waals surface area contributed by atoms with Crippen LogP contribution < -0.4 is 0 Å². The zero-order valence-corrected chi connectivity index (χ0v) is 9.22. The van der Waals surface area contributed by atoms with E-state index in [9.17, 15) is 4.79 Å². The standard InChI is InChI=1S/C11H10N2O2S/c14-11(15)9(10-12-7-13-16-10)6-8-4-2-1-3-5-8/h1-5,7,9H,6H2,(H,14,15). The highest BCUT2D eigenvalue weighted by Crippen LogP contribution is 2.21. The number of aromatic nitrogens is 2. The number of hydrogen-bond acceptors (Lipinski definition) is 4. The molecule has 1 aromatic heterocycles. The molecule has 0 radical (unpaired) electrons. The molecule has 16 heavy (non-hydrogen) atoms. The summed E-state index contributed by atoms with van der Waals surface area (Å²) in [5, 5.41) is 9.70. The van der Waals surface area contributed by atoms with Gasteiger partial charge in [0, 0.05) is 0 Å². The minimum Gasteiger partial charge on any atom is -0.481 e. The Morgan fingerprint density at radius 2 is 2.12 bits per heavy atom. The molecule has 4 nitrogen and oxygen atoms in total. The summed E-state index contributed by atoms with van der Waals surface area (Å²) in [5.74, 6) is -1.46. The van der Waals surface area contributed by atoms with Crippen LogP contribution in [0.25, 0.3) is 0 Å². The number of benzene rings is 1. The molecule has 0 amide bonds. The molecule has 2 rings (SSSR count). The highest BCUT2D eigenvalue weighted by atomic mass is 32.1. The molecule has 5 heteroatoms. The maximum Gasteiger partial charge on any atom is 0.313 e. The Morgan fingerprint density at radius 1 is 1.38 bits per heavy atom. The first-order valence-electron chi connectivity index (χ1n) is 4.80. The lowest BCUT2D eigenvalue weighted by Crippen LogP contribution is -2.14. The Kier molecular flexibility index (Phi) is 3.26. The second kappa shape index (κ2) is 4.85. The molecule has 0 aliphatic heterocycles. The molecular formula is C11H10N2O2S. The van der Waals surface area contributed by atoms with Crippen molar-refractivity contribution in [1.82, 2.24) is 9.36 Å². The van der Waals surface area contributed by atoms with Crippen LogP contribution >= 0.6 is 11.5 Å². The zero-order chi connectivity index (χ0) is 11.4. The van der Waals surface area contributed by atoms with Crippen LogP contribution in [0, 0.1) is 0 Å².